The van der Waals surface area contributed by atoms with Crippen molar-refractivity contribution in [2.75, 3.05) is 19.4 Å². The van der Waals surface area contributed by atoms with Crippen molar-refractivity contribution in [3.8, 4) is 0 Å². The van der Waals surface area contributed by atoms with Crippen LogP contribution in [0.15, 0.2) is 12.1 Å². The molecule has 1 aromatic rings. The van der Waals surface area contributed by atoms with Crippen molar-refractivity contribution in [3.63, 3.8) is 0 Å². The van der Waals surface area contributed by atoms with Crippen molar-refractivity contribution in [1.82, 2.24) is 4.90 Å². The first-order chi connectivity index (χ1) is 8.31. The Labute approximate surface area is 117 Å². The zero-order valence-electron chi connectivity index (χ0n) is 9.81. The van der Waals surface area contributed by atoms with Crippen molar-refractivity contribution >= 4 is 40.1 Å². The van der Waals surface area contributed by atoms with Gasteiger partial charge in [-0.3, -0.25) is 15.4 Å². The lowest BCUT2D eigenvalue weighted by Gasteiger charge is -2.13. The maximum Gasteiger partial charge on any atom is 0.409 e. The number of amides is 1. The number of carboxylic acid groups (broad SMARTS) is 1. The summed E-state index contributed by atoms with van der Waals surface area (Å²) in [5, 5.41) is 21.6. The van der Waals surface area contributed by atoms with E-state index in [0.717, 1.165) is 9.13 Å². The van der Waals surface area contributed by atoms with E-state index in [1.165, 1.54) is 12.1 Å². The van der Waals surface area contributed by atoms with Crippen LogP contribution in [0.1, 0.15) is 5.56 Å². The van der Waals surface area contributed by atoms with Crippen LogP contribution in [0.25, 0.3) is 0 Å². The molecule has 2 N–H and O–H groups in total. The molecule has 0 aliphatic rings. The molecule has 1 aromatic carbocycles. The number of anilines is 1. The van der Waals surface area contributed by atoms with Gasteiger partial charge >= 0.3 is 6.09 Å². The van der Waals surface area contributed by atoms with Gasteiger partial charge in [0.15, 0.2) is 0 Å². The lowest BCUT2D eigenvalue weighted by Crippen LogP contribution is -2.14. The topological polar surface area (TPSA) is 95.7 Å². The van der Waals surface area contributed by atoms with Gasteiger partial charge in [0.05, 0.1) is 4.92 Å². The average molecular weight is 365 g/mol. The second-order valence-corrected chi connectivity index (χ2v) is 5.05. The number of nitrogens with one attached hydrogen (secondary N) is 1. The number of nitro groups is 1. The summed E-state index contributed by atoms with van der Waals surface area (Å²) in [4.78, 5) is 22.8. The highest BCUT2D eigenvalue weighted by Crippen LogP contribution is 2.29. The number of nitrogens with zero attached hydrogens (tertiary/aromatic N) is 2. The fraction of sp³-hybridized carbons (Fsp3) is 0.300. The van der Waals surface area contributed by atoms with Gasteiger partial charge in [-0.25, -0.2) is 4.79 Å². The summed E-state index contributed by atoms with van der Waals surface area (Å²) in [7, 11) is 3.73. The smallest absolute Gasteiger partial charge is 0.409 e. The van der Waals surface area contributed by atoms with Crippen LogP contribution in [0.2, 0.25) is 0 Å². The predicted molar refractivity (Wildman–Crippen MR) is 74.9 cm³/mol. The van der Waals surface area contributed by atoms with E-state index < -0.39 is 11.0 Å². The number of nitro benzene ring substituents is 1. The molecule has 0 atom stereocenters. The zero-order chi connectivity index (χ0) is 13.9. The maximum atomic E-state index is 10.8. The quantitative estimate of drug-likeness (QED) is 0.485. The number of halogens is 1. The van der Waals surface area contributed by atoms with Gasteiger partial charge in [-0.2, -0.15) is 0 Å². The standard InChI is InChI=1S/C10H12IN3O4/c1-13(2)5-6-3-8(12-10(15)16)9(14(17)18)4-7(6)11/h3-4,12H,5H2,1-2H3,(H,15,16). The van der Waals surface area contributed by atoms with Crippen LogP contribution in [0.4, 0.5) is 16.2 Å². The van der Waals surface area contributed by atoms with Crippen molar-refractivity contribution in [2.45, 2.75) is 6.54 Å². The maximum absolute atomic E-state index is 10.8. The highest BCUT2D eigenvalue weighted by molar-refractivity contribution is 14.1. The largest absolute Gasteiger partial charge is 0.465 e. The molecule has 0 fully saturated rings. The minimum atomic E-state index is -1.32. The van der Waals surface area contributed by atoms with Gasteiger partial charge in [-0.05, 0) is 48.3 Å². The molecule has 18 heavy (non-hydrogen) atoms. The van der Waals surface area contributed by atoms with Crippen LogP contribution >= 0.6 is 22.6 Å². The van der Waals surface area contributed by atoms with E-state index >= 15 is 0 Å². The number of carbonyl (C=O) groups is 1. The fourth-order valence-electron chi connectivity index (χ4n) is 1.44. The molecule has 0 aliphatic carbocycles. The average Bonchev–Trinajstić information content (AvgIpc) is 2.20. The van der Waals surface area contributed by atoms with Crippen molar-refractivity contribution in [2.24, 2.45) is 0 Å². The van der Waals surface area contributed by atoms with E-state index in [1.807, 2.05) is 46.9 Å². The van der Waals surface area contributed by atoms with Crippen molar-refractivity contribution in [3.05, 3.63) is 31.4 Å². The van der Waals surface area contributed by atoms with E-state index in [1.54, 1.807) is 0 Å². The second kappa shape index (κ2) is 5.96. The minimum absolute atomic E-state index is 0.00948. The lowest BCUT2D eigenvalue weighted by atomic mass is 10.1. The van der Waals surface area contributed by atoms with Crippen LogP contribution in [0.3, 0.4) is 0 Å². The molecule has 1 amide bonds. The molecule has 0 spiro atoms. The Bertz CT molecular complexity index is 490. The highest BCUT2D eigenvalue weighted by atomic mass is 127. The molecule has 0 saturated carbocycles. The molecule has 1 rings (SSSR count). The highest BCUT2D eigenvalue weighted by Gasteiger charge is 2.19. The Hall–Kier alpha value is -1.42. The third-order valence-electron chi connectivity index (χ3n) is 2.09. The van der Waals surface area contributed by atoms with Crippen LogP contribution in [-0.4, -0.2) is 35.1 Å². The number of hydrogen-bond acceptors (Lipinski definition) is 4. The number of benzene rings is 1. The van der Waals surface area contributed by atoms with E-state index in [2.05, 4.69) is 0 Å². The predicted octanol–water partition coefficient (Wildman–Crippen LogP) is 2.35. The molecular weight excluding hydrogens is 353 g/mol. The van der Waals surface area contributed by atoms with Gasteiger partial charge in [0.2, 0.25) is 0 Å². The number of hydrogen-bond donors (Lipinski definition) is 2. The van der Waals surface area contributed by atoms with Crippen molar-refractivity contribution in [1.29, 1.82) is 0 Å². The van der Waals surface area contributed by atoms with Gasteiger partial charge in [0, 0.05) is 16.2 Å². The van der Waals surface area contributed by atoms with E-state index in [0.29, 0.717) is 6.54 Å². The van der Waals surface area contributed by atoms with Crippen LogP contribution in [0, 0.1) is 13.7 Å². The molecule has 8 heteroatoms. The van der Waals surface area contributed by atoms with E-state index in [9.17, 15) is 14.9 Å². The molecule has 0 saturated heterocycles. The van der Waals surface area contributed by atoms with E-state index in [4.69, 9.17) is 5.11 Å². The van der Waals surface area contributed by atoms with Crippen LogP contribution in [0.5, 0.6) is 0 Å². The van der Waals surface area contributed by atoms with Gasteiger partial charge in [0.1, 0.15) is 5.69 Å². The van der Waals surface area contributed by atoms with Gasteiger partial charge in [0.25, 0.3) is 5.69 Å². The lowest BCUT2D eigenvalue weighted by molar-refractivity contribution is -0.384. The summed E-state index contributed by atoms with van der Waals surface area (Å²) in [6, 6.07) is 2.86. The Kier molecular flexibility index (Phi) is 4.84. The summed E-state index contributed by atoms with van der Waals surface area (Å²) in [6.45, 7) is 0.574. The summed E-state index contributed by atoms with van der Waals surface area (Å²) >= 11 is 2.00. The Morgan fingerprint density at radius 1 is 1.56 bits per heavy atom. The van der Waals surface area contributed by atoms with Crippen LogP contribution < -0.4 is 5.32 Å². The summed E-state index contributed by atoms with van der Waals surface area (Å²) in [5.41, 5.74) is 0.573. The molecule has 0 bridgehead atoms. The first-order valence-corrected chi connectivity index (χ1v) is 6.00. The van der Waals surface area contributed by atoms with Gasteiger partial charge < -0.3 is 10.0 Å². The molecule has 0 radical (unpaired) electrons. The Morgan fingerprint density at radius 2 is 2.17 bits per heavy atom. The molecule has 0 aromatic heterocycles. The fourth-order valence-corrected chi connectivity index (χ4v) is 2.06. The Morgan fingerprint density at radius 3 is 2.61 bits per heavy atom. The Balaban J connectivity index is 3.25. The minimum Gasteiger partial charge on any atom is -0.465 e. The SMILES string of the molecule is CN(C)Cc1cc(NC(=O)O)c([N+](=O)[O-])cc1I. The van der Waals surface area contributed by atoms with Crippen LogP contribution in [-0.2, 0) is 6.54 Å². The second-order valence-electron chi connectivity index (χ2n) is 3.89. The third-order valence-corrected chi connectivity index (χ3v) is 3.09. The van der Waals surface area contributed by atoms with Gasteiger partial charge in [-0.1, -0.05) is 0 Å². The molecular formula is C10H12IN3O4. The van der Waals surface area contributed by atoms with Crippen molar-refractivity contribution < 1.29 is 14.8 Å². The van der Waals surface area contributed by atoms with E-state index in [-0.39, 0.29) is 11.4 Å². The third kappa shape index (κ3) is 3.81. The summed E-state index contributed by atoms with van der Waals surface area (Å²) < 4.78 is 0.726. The summed E-state index contributed by atoms with van der Waals surface area (Å²) in [5.74, 6) is 0. The molecule has 0 unspecified atom stereocenters. The normalized spacial score (nSPS) is 10.4. The molecule has 0 aliphatic heterocycles. The first kappa shape index (κ1) is 14.6. The monoisotopic (exact) mass is 365 g/mol. The first-order valence-electron chi connectivity index (χ1n) is 4.92. The van der Waals surface area contributed by atoms with Gasteiger partial charge in [-0.15, -0.1) is 0 Å². The molecule has 7 nitrogen and oxygen atoms in total. The molecule has 0 heterocycles. The zero-order valence-corrected chi connectivity index (χ0v) is 12.0. The molecule has 98 valence electrons. The summed E-state index contributed by atoms with van der Waals surface area (Å²) in [6.07, 6.45) is -1.32. The number of rotatable bonds is 4.